The summed E-state index contributed by atoms with van der Waals surface area (Å²) in [6.45, 7) is 1.01. The summed E-state index contributed by atoms with van der Waals surface area (Å²) in [7, 11) is 1.63. The zero-order valence-electron chi connectivity index (χ0n) is 13.7. The quantitative estimate of drug-likeness (QED) is 0.300. The molecule has 8 heteroatoms. The Balaban J connectivity index is 0.00000288. The van der Waals surface area contributed by atoms with Crippen molar-refractivity contribution in [2.24, 2.45) is 10.7 Å². The minimum Gasteiger partial charge on any atom is -0.380 e. The summed E-state index contributed by atoms with van der Waals surface area (Å²) < 4.78 is 5.13. The van der Waals surface area contributed by atoms with Crippen LogP contribution in [0.1, 0.15) is 24.8 Å². The van der Waals surface area contributed by atoms with Crippen LogP contribution in [-0.2, 0) is 20.9 Å². The number of aliphatic imine (C=N–C) groups is 1. The summed E-state index contributed by atoms with van der Waals surface area (Å²) in [6, 6.07) is 7.62. The summed E-state index contributed by atoms with van der Waals surface area (Å²) in [5.74, 6) is -0.0210. The maximum Gasteiger partial charge on any atom is 0.229 e. The average Bonchev–Trinajstić information content (AvgIpc) is 2.52. The number of benzene rings is 1. The summed E-state index contributed by atoms with van der Waals surface area (Å²) in [4.78, 5) is 28.8. The molecular weight excluding hydrogens is 423 g/mol. The highest BCUT2D eigenvalue weighted by Gasteiger charge is 2.24. The zero-order valence-corrected chi connectivity index (χ0v) is 16.0. The first-order chi connectivity index (χ1) is 11.1. The minimum absolute atomic E-state index is 0. The van der Waals surface area contributed by atoms with Gasteiger partial charge in [0.25, 0.3) is 0 Å². The van der Waals surface area contributed by atoms with Gasteiger partial charge in [-0.25, -0.2) is 0 Å². The van der Waals surface area contributed by atoms with Gasteiger partial charge in [-0.05, 0) is 12.5 Å². The normalized spacial score (nSPS) is 15.2. The molecule has 1 heterocycles. The van der Waals surface area contributed by atoms with Crippen LogP contribution in [0.25, 0.3) is 0 Å². The summed E-state index contributed by atoms with van der Waals surface area (Å²) in [6.07, 6.45) is 1.48. The topological polar surface area (TPSA) is 97.0 Å². The molecule has 1 aromatic carbocycles. The first-order valence-electron chi connectivity index (χ1n) is 7.59. The summed E-state index contributed by atoms with van der Waals surface area (Å²) >= 11 is 0. The number of nitrogens with one attached hydrogen (secondary N) is 1. The maximum atomic E-state index is 11.7. The number of halogens is 1. The molecule has 132 valence electrons. The third kappa shape index (κ3) is 5.75. The number of nitrogens with zero attached hydrogens (tertiary/aromatic N) is 2. The molecule has 1 saturated heterocycles. The smallest absolute Gasteiger partial charge is 0.229 e. The van der Waals surface area contributed by atoms with E-state index in [0.29, 0.717) is 25.9 Å². The van der Waals surface area contributed by atoms with Crippen molar-refractivity contribution >= 4 is 47.4 Å². The predicted octanol–water partition coefficient (Wildman–Crippen LogP) is 1.72. The number of piperidine rings is 1. The molecule has 0 atom stereocenters. The maximum absolute atomic E-state index is 11.7. The van der Waals surface area contributed by atoms with E-state index in [2.05, 4.69) is 10.3 Å². The number of guanidine groups is 1. The Kier molecular flexibility index (Phi) is 8.69. The van der Waals surface area contributed by atoms with Crippen molar-refractivity contribution in [1.29, 1.82) is 0 Å². The molecule has 0 saturated carbocycles. The van der Waals surface area contributed by atoms with Gasteiger partial charge in [0.2, 0.25) is 11.8 Å². The largest absolute Gasteiger partial charge is 0.380 e. The molecular formula is C16H23IN4O3. The molecule has 0 radical (unpaired) electrons. The van der Waals surface area contributed by atoms with Gasteiger partial charge in [0, 0.05) is 37.7 Å². The fourth-order valence-electron chi connectivity index (χ4n) is 2.42. The van der Waals surface area contributed by atoms with Gasteiger partial charge in [0.1, 0.15) is 0 Å². The number of imide groups is 1. The van der Waals surface area contributed by atoms with Crippen LogP contribution in [0.5, 0.6) is 0 Å². The SMILES string of the molecule is COCc1ccccc1NC(N)=NCCN1C(=O)CCCC1=O.I. The van der Waals surface area contributed by atoms with Crippen molar-refractivity contribution in [3.63, 3.8) is 0 Å². The lowest BCUT2D eigenvalue weighted by atomic mass is 10.1. The van der Waals surface area contributed by atoms with E-state index in [1.54, 1.807) is 7.11 Å². The molecule has 24 heavy (non-hydrogen) atoms. The first-order valence-corrected chi connectivity index (χ1v) is 7.59. The van der Waals surface area contributed by atoms with Gasteiger partial charge in [0.05, 0.1) is 13.2 Å². The van der Waals surface area contributed by atoms with E-state index >= 15 is 0 Å². The van der Waals surface area contributed by atoms with Gasteiger partial charge >= 0.3 is 0 Å². The molecule has 3 N–H and O–H groups in total. The zero-order chi connectivity index (χ0) is 16.7. The Labute approximate surface area is 158 Å². The van der Waals surface area contributed by atoms with Crippen molar-refractivity contribution in [2.45, 2.75) is 25.9 Å². The number of likely N-dealkylation sites (tertiary alicyclic amines) is 1. The van der Waals surface area contributed by atoms with Crippen molar-refractivity contribution in [1.82, 2.24) is 4.90 Å². The Morgan fingerprint density at radius 3 is 2.62 bits per heavy atom. The molecule has 2 rings (SSSR count). The van der Waals surface area contributed by atoms with Crippen molar-refractivity contribution < 1.29 is 14.3 Å². The van der Waals surface area contributed by atoms with Crippen molar-refractivity contribution in [3.05, 3.63) is 29.8 Å². The Hall–Kier alpha value is -1.68. The molecule has 1 fully saturated rings. The number of carbonyl (C=O) groups excluding carboxylic acids is 2. The summed E-state index contributed by atoms with van der Waals surface area (Å²) in [5.41, 5.74) is 7.65. The van der Waals surface area contributed by atoms with Crippen molar-refractivity contribution in [2.75, 3.05) is 25.5 Å². The van der Waals surface area contributed by atoms with Crippen LogP contribution >= 0.6 is 24.0 Å². The highest BCUT2D eigenvalue weighted by Crippen LogP contribution is 2.15. The Morgan fingerprint density at radius 1 is 1.29 bits per heavy atom. The monoisotopic (exact) mass is 446 g/mol. The number of ether oxygens (including phenoxy) is 1. The highest BCUT2D eigenvalue weighted by atomic mass is 127. The van der Waals surface area contributed by atoms with Crippen LogP contribution in [-0.4, -0.2) is 42.9 Å². The van der Waals surface area contributed by atoms with Crippen LogP contribution < -0.4 is 11.1 Å². The van der Waals surface area contributed by atoms with E-state index in [4.69, 9.17) is 10.5 Å². The summed E-state index contributed by atoms with van der Waals surface area (Å²) in [5, 5.41) is 3.01. The number of rotatable bonds is 6. The Morgan fingerprint density at radius 2 is 1.96 bits per heavy atom. The van der Waals surface area contributed by atoms with Crippen molar-refractivity contribution in [3.8, 4) is 0 Å². The van der Waals surface area contributed by atoms with E-state index in [1.165, 1.54) is 4.90 Å². The van der Waals surface area contributed by atoms with Crippen LogP contribution in [0.15, 0.2) is 29.3 Å². The van der Waals surface area contributed by atoms with E-state index < -0.39 is 0 Å². The fraction of sp³-hybridized carbons (Fsp3) is 0.438. The minimum atomic E-state index is -0.131. The van der Waals surface area contributed by atoms with E-state index in [-0.39, 0.29) is 54.8 Å². The highest BCUT2D eigenvalue weighted by molar-refractivity contribution is 14.0. The second-order valence-corrected chi connectivity index (χ2v) is 5.27. The molecule has 0 aliphatic carbocycles. The molecule has 0 spiro atoms. The van der Waals surface area contributed by atoms with Gasteiger partial charge in [-0.2, -0.15) is 0 Å². The third-order valence-electron chi connectivity index (χ3n) is 3.57. The van der Waals surface area contributed by atoms with Crippen LogP contribution in [0.3, 0.4) is 0 Å². The second kappa shape index (κ2) is 10.2. The number of amides is 2. The number of anilines is 1. The lowest BCUT2D eigenvalue weighted by Gasteiger charge is -2.24. The molecule has 1 aliphatic heterocycles. The average molecular weight is 446 g/mol. The molecule has 2 amide bonds. The van der Waals surface area contributed by atoms with Gasteiger partial charge < -0.3 is 15.8 Å². The van der Waals surface area contributed by atoms with Gasteiger partial charge in [-0.15, -0.1) is 24.0 Å². The number of methoxy groups -OCH3 is 1. The van der Waals surface area contributed by atoms with Crippen LogP contribution in [0, 0.1) is 0 Å². The van der Waals surface area contributed by atoms with Gasteiger partial charge in [-0.3, -0.25) is 19.5 Å². The van der Waals surface area contributed by atoms with Crippen LogP contribution in [0.4, 0.5) is 5.69 Å². The second-order valence-electron chi connectivity index (χ2n) is 5.27. The number of hydrogen-bond donors (Lipinski definition) is 2. The first kappa shape index (κ1) is 20.4. The molecule has 0 bridgehead atoms. The third-order valence-corrected chi connectivity index (χ3v) is 3.57. The van der Waals surface area contributed by atoms with Gasteiger partial charge in [0.15, 0.2) is 5.96 Å². The molecule has 0 aromatic heterocycles. The standard InChI is InChI=1S/C16H22N4O3.HI/c1-23-11-12-5-2-3-6-13(12)19-16(17)18-9-10-20-14(21)7-4-8-15(20)22;/h2-3,5-6H,4,7-11H2,1H3,(H3,17,18,19);1H. The Bertz CT molecular complexity index is 591. The van der Waals surface area contributed by atoms with E-state index in [9.17, 15) is 9.59 Å². The van der Waals surface area contributed by atoms with E-state index in [0.717, 1.165) is 11.3 Å². The molecule has 1 aromatic rings. The number of carbonyl (C=O) groups is 2. The molecule has 7 nitrogen and oxygen atoms in total. The molecule has 0 unspecified atom stereocenters. The molecule has 1 aliphatic rings. The lowest BCUT2D eigenvalue weighted by molar-refractivity contribution is -0.147. The lowest BCUT2D eigenvalue weighted by Crippen LogP contribution is -2.41. The number of para-hydroxylation sites is 1. The number of hydrogen-bond acceptors (Lipinski definition) is 4. The fourth-order valence-corrected chi connectivity index (χ4v) is 2.42. The predicted molar refractivity (Wildman–Crippen MR) is 103 cm³/mol. The van der Waals surface area contributed by atoms with Crippen LogP contribution in [0.2, 0.25) is 0 Å². The van der Waals surface area contributed by atoms with E-state index in [1.807, 2.05) is 24.3 Å². The number of nitrogens with two attached hydrogens (primary N) is 1. The van der Waals surface area contributed by atoms with Gasteiger partial charge in [-0.1, -0.05) is 18.2 Å².